The Morgan fingerprint density at radius 2 is 1.55 bits per heavy atom. The number of carbonyl (C=O) groups is 1. The summed E-state index contributed by atoms with van der Waals surface area (Å²) >= 11 is 3.57. The molecule has 0 radical (unpaired) electrons. The molecule has 0 aromatic heterocycles. The molecule has 1 N–H and O–H groups in total. The van der Waals surface area contributed by atoms with Gasteiger partial charge in [-0.15, -0.1) is 0 Å². The molecule has 1 aliphatic rings. The van der Waals surface area contributed by atoms with Gasteiger partial charge in [-0.25, -0.2) is 0 Å². The number of anilines is 1. The van der Waals surface area contributed by atoms with Crippen molar-refractivity contribution in [1.29, 1.82) is 0 Å². The van der Waals surface area contributed by atoms with E-state index in [1.54, 1.807) is 0 Å². The molecule has 5 aromatic carbocycles. The van der Waals surface area contributed by atoms with Crippen LogP contribution in [0.25, 0.3) is 33.7 Å². The van der Waals surface area contributed by atoms with Crippen LogP contribution in [0.1, 0.15) is 21.5 Å². The Morgan fingerprint density at radius 3 is 2.42 bits per heavy atom. The van der Waals surface area contributed by atoms with Crippen LogP contribution in [0.15, 0.2) is 95.5 Å². The van der Waals surface area contributed by atoms with Crippen molar-refractivity contribution in [1.82, 2.24) is 0 Å². The number of carbonyl (C=O) groups excluding carboxylic acids is 1. The van der Waals surface area contributed by atoms with E-state index in [0.717, 1.165) is 37.1 Å². The molecule has 0 atom stereocenters. The summed E-state index contributed by atoms with van der Waals surface area (Å²) in [5.41, 5.74) is 3.44. The van der Waals surface area contributed by atoms with Gasteiger partial charge in [0, 0.05) is 16.3 Å². The fourth-order valence-electron chi connectivity index (χ4n) is 4.34. The van der Waals surface area contributed by atoms with Gasteiger partial charge in [0.05, 0.1) is 10.2 Å². The number of benzene rings is 5. The van der Waals surface area contributed by atoms with Crippen molar-refractivity contribution in [2.24, 2.45) is 0 Å². The van der Waals surface area contributed by atoms with Crippen molar-refractivity contribution in [3.63, 3.8) is 0 Å². The maximum absolute atomic E-state index is 13.3. The van der Waals surface area contributed by atoms with Gasteiger partial charge in [-0.2, -0.15) is 0 Å². The van der Waals surface area contributed by atoms with Gasteiger partial charge >= 0.3 is 0 Å². The minimum absolute atomic E-state index is 0.178. The minimum Gasteiger partial charge on any atom is -0.453 e. The summed E-state index contributed by atoms with van der Waals surface area (Å²) in [6.07, 6.45) is 4.17. The van der Waals surface area contributed by atoms with Gasteiger partial charge in [0.15, 0.2) is 5.75 Å². The first-order valence-electron chi connectivity index (χ1n) is 10.7. The standard InChI is InChI=1S/C29H18BrNO2/c30-24-10-3-4-11-26(24)33-28-23-9-5-8-19-13-14-21(27(19)23)17-25(28)31-29(32)22-15-12-18-6-1-2-7-20(18)16-22/h1-17H,(H,31,32). The van der Waals surface area contributed by atoms with Crippen LogP contribution in [0.5, 0.6) is 11.5 Å². The highest BCUT2D eigenvalue weighted by molar-refractivity contribution is 9.10. The van der Waals surface area contributed by atoms with Gasteiger partial charge in [-0.1, -0.05) is 72.8 Å². The van der Waals surface area contributed by atoms with Gasteiger partial charge in [-0.3, -0.25) is 4.79 Å². The lowest BCUT2D eigenvalue weighted by atomic mass is 10.0. The Morgan fingerprint density at radius 1 is 0.758 bits per heavy atom. The molecule has 0 unspecified atom stereocenters. The fourth-order valence-corrected chi connectivity index (χ4v) is 4.70. The van der Waals surface area contributed by atoms with Gasteiger partial charge in [0.1, 0.15) is 5.75 Å². The van der Waals surface area contributed by atoms with Gasteiger partial charge in [0.25, 0.3) is 5.91 Å². The van der Waals surface area contributed by atoms with Crippen LogP contribution in [-0.4, -0.2) is 5.91 Å². The molecule has 0 spiro atoms. The number of hydrogen-bond donors (Lipinski definition) is 1. The first-order valence-corrected chi connectivity index (χ1v) is 11.5. The van der Waals surface area contributed by atoms with Gasteiger partial charge in [0.2, 0.25) is 0 Å². The smallest absolute Gasteiger partial charge is 0.255 e. The molecule has 0 heterocycles. The number of nitrogens with one attached hydrogen (secondary N) is 1. The van der Waals surface area contributed by atoms with E-state index in [9.17, 15) is 4.79 Å². The maximum Gasteiger partial charge on any atom is 0.255 e. The molecular weight excluding hydrogens is 474 g/mol. The Labute approximate surface area is 199 Å². The van der Waals surface area contributed by atoms with Crippen molar-refractivity contribution in [3.05, 3.63) is 112 Å². The predicted molar refractivity (Wildman–Crippen MR) is 139 cm³/mol. The summed E-state index contributed by atoms with van der Waals surface area (Å²) in [6, 6.07) is 29.6. The van der Waals surface area contributed by atoms with E-state index in [0.29, 0.717) is 22.7 Å². The monoisotopic (exact) mass is 491 g/mol. The van der Waals surface area contributed by atoms with Crippen molar-refractivity contribution in [2.45, 2.75) is 0 Å². The average molecular weight is 492 g/mol. The number of ether oxygens (including phenoxy) is 1. The van der Waals surface area contributed by atoms with Crippen LogP contribution in [0.2, 0.25) is 0 Å². The van der Waals surface area contributed by atoms with E-state index >= 15 is 0 Å². The molecule has 6 rings (SSSR count). The summed E-state index contributed by atoms with van der Waals surface area (Å²) in [6.45, 7) is 0. The van der Waals surface area contributed by atoms with Gasteiger partial charge < -0.3 is 10.1 Å². The third-order valence-electron chi connectivity index (χ3n) is 5.93. The number of halogens is 1. The Balaban J connectivity index is 1.46. The van der Waals surface area contributed by atoms with Crippen LogP contribution in [0.3, 0.4) is 0 Å². The summed E-state index contributed by atoms with van der Waals surface area (Å²) in [7, 11) is 0. The lowest BCUT2D eigenvalue weighted by molar-refractivity contribution is 0.102. The first-order chi connectivity index (χ1) is 16.2. The number of rotatable bonds is 4. The molecule has 5 aromatic rings. The van der Waals surface area contributed by atoms with Gasteiger partial charge in [-0.05, 0) is 68.2 Å². The molecule has 0 fully saturated rings. The molecule has 4 heteroatoms. The SMILES string of the molecule is O=C(Nc1cc2c3c(cccc3c1Oc1ccccc1Br)C=C2)c1ccc2ccccc2c1. The van der Waals surface area contributed by atoms with Crippen molar-refractivity contribution in [3.8, 4) is 11.5 Å². The zero-order chi connectivity index (χ0) is 22.4. The number of amides is 1. The van der Waals surface area contributed by atoms with Crippen molar-refractivity contribution < 1.29 is 9.53 Å². The third-order valence-corrected chi connectivity index (χ3v) is 6.58. The Kier molecular flexibility index (Phi) is 4.74. The highest BCUT2D eigenvalue weighted by atomic mass is 79.9. The molecule has 1 aliphatic carbocycles. The molecule has 0 saturated heterocycles. The predicted octanol–water partition coefficient (Wildman–Crippen LogP) is 8.28. The first kappa shape index (κ1) is 19.8. The Bertz CT molecular complexity index is 1600. The zero-order valence-electron chi connectivity index (χ0n) is 17.5. The lowest BCUT2D eigenvalue weighted by Gasteiger charge is -2.17. The van der Waals surface area contributed by atoms with Crippen molar-refractivity contribution in [2.75, 3.05) is 5.32 Å². The molecule has 0 aliphatic heterocycles. The van der Waals surface area contributed by atoms with Crippen LogP contribution in [-0.2, 0) is 0 Å². The van der Waals surface area contributed by atoms with Crippen LogP contribution >= 0.6 is 15.9 Å². The topological polar surface area (TPSA) is 38.3 Å². The summed E-state index contributed by atoms with van der Waals surface area (Å²) in [4.78, 5) is 13.3. The minimum atomic E-state index is -0.178. The second-order valence-corrected chi connectivity index (χ2v) is 8.85. The van der Waals surface area contributed by atoms with Crippen molar-refractivity contribution >= 4 is 61.2 Å². The molecular formula is C29H18BrNO2. The molecule has 0 bridgehead atoms. The zero-order valence-corrected chi connectivity index (χ0v) is 19.1. The lowest BCUT2D eigenvalue weighted by Crippen LogP contribution is -2.13. The van der Waals surface area contributed by atoms with E-state index in [-0.39, 0.29) is 5.91 Å². The molecule has 158 valence electrons. The highest BCUT2D eigenvalue weighted by Crippen LogP contribution is 2.44. The van der Waals surface area contributed by atoms with Crippen LogP contribution < -0.4 is 10.1 Å². The van der Waals surface area contributed by atoms with E-state index < -0.39 is 0 Å². The highest BCUT2D eigenvalue weighted by Gasteiger charge is 2.20. The van der Waals surface area contributed by atoms with E-state index in [1.807, 2.05) is 84.9 Å². The second kappa shape index (κ2) is 7.91. The quantitative estimate of drug-likeness (QED) is 0.269. The third kappa shape index (κ3) is 3.49. The Hall–Kier alpha value is -3.89. The number of hydrogen-bond acceptors (Lipinski definition) is 2. The van der Waals surface area contributed by atoms with Crippen LogP contribution in [0.4, 0.5) is 5.69 Å². The summed E-state index contributed by atoms with van der Waals surface area (Å²) in [5.74, 6) is 1.13. The summed E-state index contributed by atoms with van der Waals surface area (Å²) < 4.78 is 7.25. The van der Waals surface area contributed by atoms with Crippen LogP contribution in [0, 0.1) is 0 Å². The second-order valence-electron chi connectivity index (χ2n) is 7.99. The number of para-hydroxylation sites is 1. The molecule has 1 amide bonds. The van der Waals surface area contributed by atoms with E-state index in [1.165, 1.54) is 0 Å². The largest absolute Gasteiger partial charge is 0.453 e. The summed E-state index contributed by atoms with van der Waals surface area (Å²) in [5, 5.41) is 7.32. The van der Waals surface area contributed by atoms with E-state index in [2.05, 4.69) is 39.5 Å². The average Bonchev–Trinajstić information content (AvgIpc) is 3.26. The van der Waals surface area contributed by atoms with E-state index in [4.69, 9.17) is 4.74 Å². The molecule has 3 nitrogen and oxygen atoms in total. The fraction of sp³-hybridized carbons (Fsp3) is 0. The normalized spacial score (nSPS) is 11.8. The number of fused-ring (bicyclic) bond motifs is 1. The molecule has 33 heavy (non-hydrogen) atoms. The maximum atomic E-state index is 13.3. The molecule has 0 saturated carbocycles.